The molecule has 0 radical (unpaired) electrons. The average Bonchev–Trinajstić information content (AvgIpc) is 2.67. The fourth-order valence-corrected chi connectivity index (χ4v) is 4.25. The van der Waals surface area contributed by atoms with Crippen LogP contribution in [0.3, 0.4) is 0 Å². The highest BCUT2D eigenvalue weighted by Crippen LogP contribution is 2.44. The maximum Gasteiger partial charge on any atom is 0.0547 e. The molecule has 1 heterocycles. The topological polar surface area (TPSA) is 12.0 Å². The van der Waals surface area contributed by atoms with Crippen LogP contribution in [-0.4, -0.2) is 13.6 Å². The van der Waals surface area contributed by atoms with E-state index in [2.05, 4.69) is 17.6 Å². The standard InChI is InChI=1S/C13H20ClNS/c1-9-3-4-10(8-15-2)11(7-9)13-12(14)5-6-16-13/h5-6,9-11,15H,3-4,7-8H2,1-2H3. The van der Waals surface area contributed by atoms with E-state index in [0.29, 0.717) is 5.92 Å². The van der Waals surface area contributed by atoms with Crippen molar-refractivity contribution in [3.63, 3.8) is 0 Å². The van der Waals surface area contributed by atoms with Crippen LogP contribution in [0, 0.1) is 11.8 Å². The molecule has 1 saturated carbocycles. The van der Waals surface area contributed by atoms with Crippen molar-refractivity contribution in [3.05, 3.63) is 21.3 Å². The molecule has 1 aromatic rings. The van der Waals surface area contributed by atoms with Crippen LogP contribution in [-0.2, 0) is 0 Å². The van der Waals surface area contributed by atoms with Crippen LogP contribution in [0.2, 0.25) is 5.02 Å². The molecular formula is C13H20ClNS. The predicted molar refractivity (Wildman–Crippen MR) is 72.5 cm³/mol. The Hall–Kier alpha value is -0.0500. The third-order valence-corrected chi connectivity index (χ3v) is 5.19. The number of nitrogens with one attached hydrogen (secondary N) is 1. The second-order valence-corrected chi connectivity index (χ2v) is 6.33. The first-order valence-electron chi connectivity index (χ1n) is 6.09. The van der Waals surface area contributed by atoms with E-state index >= 15 is 0 Å². The molecule has 1 aliphatic rings. The lowest BCUT2D eigenvalue weighted by Gasteiger charge is -2.34. The number of hydrogen-bond donors (Lipinski definition) is 1. The van der Waals surface area contributed by atoms with Gasteiger partial charge in [-0.1, -0.05) is 24.9 Å². The van der Waals surface area contributed by atoms with Gasteiger partial charge in [-0.2, -0.15) is 0 Å². The summed E-state index contributed by atoms with van der Waals surface area (Å²) in [5.41, 5.74) is 0. The summed E-state index contributed by atoms with van der Waals surface area (Å²) >= 11 is 8.10. The van der Waals surface area contributed by atoms with Crippen LogP contribution < -0.4 is 5.32 Å². The van der Waals surface area contributed by atoms with Crippen LogP contribution in [0.25, 0.3) is 0 Å². The van der Waals surface area contributed by atoms with E-state index in [1.807, 2.05) is 24.5 Å². The monoisotopic (exact) mass is 257 g/mol. The van der Waals surface area contributed by atoms with Gasteiger partial charge in [0.05, 0.1) is 5.02 Å². The molecule has 1 nitrogen and oxygen atoms in total. The minimum absolute atomic E-state index is 0.670. The quantitative estimate of drug-likeness (QED) is 0.858. The second kappa shape index (κ2) is 5.52. The summed E-state index contributed by atoms with van der Waals surface area (Å²) in [6.07, 6.45) is 4.00. The summed E-state index contributed by atoms with van der Waals surface area (Å²) in [5, 5.41) is 6.42. The summed E-state index contributed by atoms with van der Waals surface area (Å²) in [7, 11) is 2.05. The molecule has 1 aromatic heterocycles. The zero-order valence-corrected chi connectivity index (χ0v) is 11.6. The Labute approximate surface area is 107 Å². The van der Waals surface area contributed by atoms with Crippen LogP contribution in [0.5, 0.6) is 0 Å². The van der Waals surface area contributed by atoms with Gasteiger partial charge in [-0.3, -0.25) is 0 Å². The molecule has 1 fully saturated rings. The van der Waals surface area contributed by atoms with Crippen molar-refractivity contribution < 1.29 is 0 Å². The first-order chi connectivity index (χ1) is 7.72. The van der Waals surface area contributed by atoms with Gasteiger partial charge in [0.15, 0.2) is 0 Å². The van der Waals surface area contributed by atoms with Gasteiger partial charge in [-0.15, -0.1) is 11.3 Å². The van der Waals surface area contributed by atoms with Crippen LogP contribution in [0.15, 0.2) is 11.4 Å². The maximum absolute atomic E-state index is 6.28. The van der Waals surface area contributed by atoms with E-state index in [9.17, 15) is 0 Å². The smallest absolute Gasteiger partial charge is 0.0547 e. The normalized spacial score (nSPS) is 30.6. The number of hydrogen-bond acceptors (Lipinski definition) is 2. The molecule has 0 aliphatic heterocycles. The van der Waals surface area contributed by atoms with Gasteiger partial charge in [0.2, 0.25) is 0 Å². The van der Waals surface area contributed by atoms with E-state index in [0.717, 1.165) is 23.4 Å². The van der Waals surface area contributed by atoms with Crippen molar-refractivity contribution in [2.24, 2.45) is 11.8 Å². The van der Waals surface area contributed by atoms with E-state index < -0.39 is 0 Å². The predicted octanol–water partition coefficient (Wildman–Crippen LogP) is 4.14. The summed E-state index contributed by atoms with van der Waals surface area (Å²) in [4.78, 5) is 1.41. The van der Waals surface area contributed by atoms with Gasteiger partial charge in [0.1, 0.15) is 0 Å². The summed E-state index contributed by atoms with van der Waals surface area (Å²) < 4.78 is 0. The van der Waals surface area contributed by atoms with Gasteiger partial charge in [-0.05, 0) is 55.6 Å². The molecule has 1 N–H and O–H groups in total. The molecule has 3 atom stereocenters. The van der Waals surface area contributed by atoms with E-state index in [4.69, 9.17) is 11.6 Å². The fraction of sp³-hybridized carbons (Fsp3) is 0.692. The SMILES string of the molecule is CNCC1CCC(C)CC1c1sccc1Cl. The molecule has 0 bridgehead atoms. The molecule has 3 heteroatoms. The fourth-order valence-electron chi connectivity index (χ4n) is 2.84. The average molecular weight is 258 g/mol. The zero-order chi connectivity index (χ0) is 11.5. The van der Waals surface area contributed by atoms with Gasteiger partial charge in [0.25, 0.3) is 0 Å². The first-order valence-corrected chi connectivity index (χ1v) is 7.35. The van der Waals surface area contributed by atoms with Crippen molar-refractivity contribution in [3.8, 4) is 0 Å². The lowest BCUT2D eigenvalue weighted by molar-refractivity contribution is 0.248. The Morgan fingerprint density at radius 3 is 2.94 bits per heavy atom. The minimum Gasteiger partial charge on any atom is -0.319 e. The molecule has 0 saturated heterocycles. The first kappa shape index (κ1) is 12.4. The molecule has 16 heavy (non-hydrogen) atoms. The molecular weight excluding hydrogens is 238 g/mol. The Morgan fingerprint density at radius 2 is 2.31 bits per heavy atom. The molecule has 90 valence electrons. The zero-order valence-electron chi connectivity index (χ0n) is 10.0. The maximum atomic E-state index is 6.28. The van der Waals surface area contributed by atoms with E-state index in [1.165, 1.54) is 24.1 Å². The minimum atomic E-state index is 0.670. The Kier molecular flexibility index (Phi) is 4.28. The Bertz CT molecular complexity index is 336. The van der Waals surface area contributed by atoms with Crippen molar-refractivity contribution in [1.82, 2.24) is 5.32 Å². The van der Waals surface area contributed by atoms with Crippen molar-refractivity contribution in [2.75, 3.05) is 13.6 Å². The summed E-state index contributed by atoms with van der Waals surface area (Å²) in [6, 6.07) is 2.04. The summed E-state index contributed by atoms with van der Waals surface area (Å²) in [5.74, 6) is 2.28. The third kappa shape index (κ3) is 2.61. The van der Waals surface area contributed by atoms with Gasteiger partial charge >= 0.3 is 0 Å². The van der Waals surface area contributed by atoms with Gasteiger partial charge in [-0.25, -0.2) is 0 Å². The largest absolute Gasteiger partial charge is 0.319 e. The molecule has 3 unspecified atom stereocenters. The number of thiophene rings is 1. The van der Waals surface area contributed by atoms with Gasteiger partial charge in [0, 0.05) is 4.88 Å². The lowest BCUT2D eigenvalue weighted by Crippen LogP contribution is -2.29. The highest BCUT2D eigenvalue weighted by molar-refractivity contribution is 7.10. The second-order valence-electron chi connectivity index (χ2n) is 4.98. The molecule has 2 rings (SSSR count). The van der Waals surface area contributed by atoms with Crippen molar-refractivity contribution in [2.45, 2.75) is 32.1 Å². The van der Waals surface area contributed by atoms with E-state index in [-0.39, 0.29) is 0 Å². The molecule has 1 aliphatic carbocycles. The summed E-state index contributed by atoms with van der Waals surface area (Å²) in [6.45, 7) is 3.48. The molecule has 0 aromatic carbocycles. The van der Waals surface area contributed by atoms with E-state index in [1.54, 1.807) is 0 Å². The van der Waals surface area contributed by atoms with Crippen molar-refractivity contribution >= 4 is 22.9 Å². The van der Waals surface area contributed by atoms with Crippen LogP contribution in [0.4, 0.5) is 0 Å². The highest BCUT2D eigenvalue weighted by atomic mass is 35.5. The van der Waals surface area contributed by atoms with Crippen molar-refractivity contribution in [1.29, 1.82) is 0 Å². The van der Waals surface area contributed by atoms with Crippen LogP contribution in [0.1, 0.15) is 37.0 Å². The van der Waals surface area contributed by atoms with Gasteiger partial charge < -0.3 is 5.32 Å². The lowest BCUT2D eigenvalue weighted by atomic mass is 9.74. The Balaban J connectivity index is 2.17. The third-order valence-electron chi connectivity index (χ3n) is 3.70. The number of rotatable bonds is 3. The molecule has 0 amide bonds. The Morgan fingerprint density at radius 1 is 1.50 bits per heavy atom. The van der Waals surface area contributed by atoms with Crippen LogP contribution >= 0.6 is 22.9 Å². The highest BCUT2D eigenvalue weighted by Gasteiger charge is 2.31. The molecule has 0 spiro atoms. The number of halogens is 1.